The number of fused-ring (bicyclic) bond motifs is 1. The fourth-order valence-corrected chi connectivity index (χ4v) is 4.64. The van der Waals surface area contributed by atoms with Crippen LogP contribution in [0.3, 0.4) is 0 Å². The van der Waals surface area contributed by atoms with Crippen LogP contribution in [-0.2, 0) is 29.7 Å². The van der Waals surface area contributed by atoms with E-state index < -0.39 is 10.0 Å². The topological polar surface area (TPSA) is 76.5 Å². The first-order valence-electron chi connectivity index (χ1n) is 6.07. The Balaban J connectivity index is 1.96. The van der Waals surface area contributed by atoms with Crippen LogP contribution in [0.4, 0.5) is 0 Å². The smallest absolute Gasteiger partial charge is 0.248 e. The van der Waals surface area contributed by atoms with E-state index in [0.29, 0.717) is 18.8 Å². The van der Waals surface area contributed by atoms with E-state index in [4.69, 9.17) is 10.2 Å². The Bertz CT molecular complexity index is 730. The van der Waals surface area contributed by atoms with Crippen LogP contribution >= 0.6 is 15.9 Å². The molecule has 0 fully saturated rings. The lowest BCUT2D eigenvalue weighted by Gasteiger charge is -2.14. The predicted molar refractivity (Wildman–Crippen MR) is 77.2 cm³/mol. The Kier molecular flexibility index (Phi) is 3.45. The maximum atomic E-state index is 12.6. The zero-order valence-corrected chi connectivity index (χ0v) is 12.9. The molecule has 1 aliphatic rings. The van der Waals surface area contributed by atoms with Crippen LogP contribution in [0.1, 0.15) is 16.9 Å². The molecule has 1 aromatic heterocycles. The molecule has 20 heavy (non-hydrogen) atoms. The van der Waals surface area contributed by atoms with Gasteiger partial charge in [-0.3, -0.25) is 0 Å². The lowest BCUT2D eigenvalue weighted by Crippen LogP contribution is -2.25. The van der Waals surface area contributed by atoms with Crippen LogP contribution in [0, 0.1) is 0 Å². The average molecular weight is 357 g/mol. The average Bonchev–Trinajstić information content (AvgIpc) is 3.02. The first kappa shape index (κ1) is 13.8. The predicted octanol–water partition coefficient (Wildman–Crippen LogP) is 2.21. The van der Waals surface area contributed by atoms with Gasteiger partial charge in [-0.25, -0.2) is 8.42 Å². The number of hydrogen-bond acceptors (Lipinski definition) is 4. The molecule has 0 bridgehead atoms. The van der Waals surface area contributed by atoms with Crippen molar-refractivity contribution in [2.24, 2.45) is 5.73 Å². The van der Waals surface area contributed by atoms with E-state index in [2.05, 4.69) is 15.9 Å². The molecule has 2 heterocycles. The fraction of sp³-hybridized carbons (Fsp3) is 0.231. The molecular formula is C13H13BrN2O3S. The molecule has 0 radical (unpaired) electrons. The second-order valence-corrected chi connectivity index (χ2v) is 7.22. The molecule has 2 N–H and O–H groups in total. The molecule has 3 rings (SSSR count). The van der Waals surface area contributed by atoms with Gasteiger partial charge >= 0.3 is 0 Å². The third-order valence-electron chi connectivity index (χ3n) is 3.34. The summed E-state index contributed by atoms with van der Waals surface area (Å²) in [4.78, 5) is 0.130. The van der Waals surface area contributed by atoms with Crippen molar-refractivity contribution in [1.29, 1.82) is 0 Å². The maximum absolute atomic E-state index is 12.6. The number of benzene rings is 1. The van der Waals surface area contributed by atoms with Crippen LogP contribution in [0.15, 0.2) is 44.3 Å². The molecular weight excluding hydrogens is 344 g/mol. The lowest BCUT2D eigenvalue weighted by atomic mass is 10.1. The summed E-state index contributed by atoms with van der Waals surface area (Å²) in [6.45, 7) is 0.927. The van der Waals surface area contributed by atoms with Gasteiger partial charge < -0.3 is 10.2 Å². The zero-order chi connectivity index (χ0) is 14.3. The molecule has 0 aliphatic carbocycles. The van der Waals surface area contributed by atoms with Crippen LogP contribution in [0.2, 0.25) is 0 Å². The van der Waals surface area contributed by atoms with Gasteiger partial charge in [-0.15, -0.1) is 0 Å². The van der Waals surface area contributed by atoms with Gasteiger partial charge in [0.05, 0.1) is 6.54 Å². The first-order chi connectivity index (χ1) is 9.52. The van der Waals surface area contributed by atoms with Crippen molar-refractivity contribution in [3.63, 3.8) is 0 Å². The second kappa shape index (κ2) is 5.00. The van der Waals surface area contributed by atoms with E-state index in [9.17, 15) is 8.42 Å². The number of nitrogens with two attached hydrogens (primary N) is 1. The summed E-state index contributed by atoms with van der Waals surface area (Å²) in [5, 5.41) is 0. The van der Waals surface area contributed by atoms with E-state index in [1.807, 2.05) is 24.3 Å². The largest absolute Gasteiger partial charge is 0.452 e. The molecule has 0 amide bonds. The van der Waals surface area contributed by atoms with Crippen LogP contribution in [0.5, 0.6) is 0 Å². The van der Waals surface area contributed by atoms with Gasteiger partial charge in [0.15, 0.2) is 4.67 Å². The van der Waals surface area contributed by atoms with Gasteiger partial charge in [-0.1, -0.05) is 24.3 Å². The highest BCUT2D eigenvalue weighted by Crippen LogP contribution is 2.33. The van der Waals surface area contributed by atoms with Gasteiger partial charge in [0.1, 0.15) is 10.7 Å². The van der Waals surface area contributed by atoms with E-state index in [1.54, 1.807) is 0 Å². The summed E-state index contributed by atoms with van der Waals surface area (Å²) >= 11 is 3.15. The van der Waals surface area contributed by atoms with E-state index >= 15 is 0 Å². The minimum atomic E-state index is -3.59. The summed E-state index contributed by atoms with van der Waals surface area (Å²) in [7, 11) is -3.59. The normalized spacial score (nSPS) is 15.5. The SMILES string of the molecule is NCc1cc(S(=O)(=O)N2Cc3ccccc3C2)c(Br)o1. The van der Waals surface area contributed by atoms with E-state index in [-0.39, 0.29) is 16.1 Å². The van der Waals surface area contributed by atoms with Gasteiger partial charge in [0.2, 0.25) is 10.0 Å². The third kappa shape index (κ3) is 2.20. The lowest BCUT2D eigenvalue weighted by molar-refractivity contribution is 0.428. The third-order valence-corrected chi connectivity index (χ3v) is 5.99. The molecule has 0 saturated carbocycles. The van der Waals surface area contributed by atoms with E-state index in [1.165, 1.54) is 10.4 Å². The quantitative estimate of drug-likeness (QED) is 0.914. The molecule has 2 aromatic rings. The zero-order valence-electron chi connectivity index (χ0n) is 10.5. The molecule has 0 spiro atoms. The Morgan fingerprint density at radius 1 is 1.25 bits per heavy atom. The minimum absolute atomic E-state index is 0.130. The summed E-state index contributed by atoms with van der Waals surface area (Å²) in [5.74, 6) is 0.437. The van der Waals surface area contributed by atoms with Crippen LogP contribution < -0.4 is 5.73 Å². The first-order valence-corrected chi connectivity index (χ1v) is 8.31. The molecule has 0 unspecified atom stereocenters. The molecule has 0 saturated heterocycles. The fourth-order valence-electron chi connectivity index (χ4n) is 2.29. The van der Waals surface area contributed by atoms with Crippen LogP contribution in [-0.4, -0.2) is 12.7 Å². The number of nitrogens with zero attached hydrogens (tertiary/aromatic N) is 1. The van der Waals surface area contributed by atoms with Crippen molar-refractivity contribution in [3.05, 3.63) is 51.9 Å². The van der Waals surface area contributed by atoms with Crippen molar-refractivity contribution in [3.8, 4) is 0 Å². The Labute approximate surface area is 125 Å². The molecule has 0 atom stereocenters. The van der Waals surface area contributed by atoms with Gasteiger partial charge in [-0.05, 0) is 27.1 Å². The van der Waals surface area contributed by atoms with Crippen LogP contribution in [0.25, 0.3) is 0 Å². The maximum Gasteiger partial charge on any atom is 0.248 e. The van der Waals surface area contributed by atoms with Gasteiger partial charge in [0, 0.05) is 19.2 Å². The molecule has 1 aromatic carbocycles. The summed E-state index contributed by atoms with van der Waals surface area (Å²) in [6, 6.07) is 9.19. The number of sulfonamides is 1. The number of rotatable bonds is 3. The van der Waals surface area contributed by atoms with Crippen molar-refractivity contribution in [2.45, 2.75) is 24.5 Å². The molecule has 1 aliphatic heterocycles. The highest BCUT2D eigenvalue weighted by Gasteiger charge is 2.33. The Morgan fingerprint density at radius 3 is 2.35 bits per heavy atom. The summed E-state index contributed by atoms with van der Waals surface area (Å²) in [6.07, 6.45) is 0. The molecule has 106 valence electrons. The highest BCUT2D eigenvalue weighted by molar-refractivity contribution is 9.10. The van der Waals surface area contributed by atoms with Gasteiger partial charge in [-0.2, -0.15) is 4.31 Å². The molecule has 5 nitrogen and oxygen atoms in total. The minimum Gasteiger partial charge on any atom is -0.452 e. The van der Waals surface area contributed by atoms with Crippen molar-refractivity contribution >= 4 is 26.0 Å². The number of hydrogen-bond donors (Lipinski definition) is 1. The summed E-state index contributed by atoms with van der Waals surface area (Å²) < 4.78 is 32.2. The highest BCUT2D eigenvalue weighted by atomic mass is 79.9. The Hall–Kier alpha value is -1.15. The second-order valence-electron chi connectivity index (χ2n) is 4.60. The van der Waals surface area contributed by atoms with Crippen molar-refractivity contribution < 1.29 is 12.8 Å². The van der Waals surface area contributed by atoms with E-state index in [0.717, 1.165) is 11.1 Å². The standard InChI is InChI=1S/C13H13BrN2O3S/c14-13-12(5-11(6-15)19-13)20(17,18)16-7-9-3-1-2-4-10(9)8-16/h1-5H,6-8,15H2. The monoisotopic (exact) mass is 356 g/mol. The number of halogens is 1. The van der Waals surface area contributed by atoms with Crippen molar-refractivity contribution in [1.82, 2.24) is 4.31 Å². The Morgan fingerprint density at radius 2 is 1.85 bits per heavy atom. The number of furan rings is 1. The molecule has 7 heteroatoms. The summed E-state index contributed by atoms with van der Waals surface area (Å²) in [5.41, 5.74) is 7.55. The van der Waals surface area contributed by atoms with Gasteiger partial charge in [0.25, 0.3) is 0 Å². The van der Waals surface area contributed by atoms with Crippen molar-refractivity contribution in [2.75, 3.05) is 0 Å².